The average Bonchev–Trinajstić information content (AvgIpc) is 3.22. The first-order chi connectivity index (χ1) is 9.53. The van der Waals surface area contributed by atoms with Crippen LogP contribution in [0.15, 0.2) is 42.5 Å². The first kappa shape index (κ1) is 12.8. The summed E-state index contributed by atoms with van der Waals surface area (Å²) in [6, 6.07) is 10.2. The standard InChI is InChI=1S/C16H12F2O2/c17-12-4-1-10(2-5-12)11-3-6-14(18)13(9-11)16(7-8-16)15(19)20/h1-6,9H,7-8H2,(H,19,20). The van der Waals surface area contributed by atoms with Crippen molar-refractivity contribution in [2.24, 2.45) is 0 Å². The normalized spacial score (nSPS) is 15.9. The molecule has 0 unspecified atom stereocenters. The lowest BCUT2D eigenvalue weighted by Gasteiger charge is -2.13. The Kier molecular flexibility index (Phi) is 2.82. The van der Waals surface area contributed by atoms with Crippen LogP contribution in [0.2, 0.25) is 0 Å². The van der Waals surface area contributed by atoms with Crippen LogP contribution in [0.3, 0.4) is 0 Å². The predicted octanol–water partition coefficient (Wildman–Crippen LogP) is 3.75. The third kappa shape index (κ3) is 1.97. The Morgan fingerprint density at radius 3 is 2.15 bits per heavy atom. The fraction of sp³-hybridized carbons (Fsp3) is 0.188. The Morgan fingerprint density at radius 1 is 1.00 bits per heavy atom. The molecule has 2 aromatic carbocycles. The van der Waals surface area contributed by atoms with Crippen LogP contribution in [0.5, 0.6) is 0 Å². The highest BCUT2D eigenvalue weighted by atomic mass is 19.1. The maximum Gasteiger partial charge on any atom is 0.314 e. The molecule has 1 N–H and O–H groups in total. The van der Waals surface area contributed by atoms with E-state index in [-0.39, 0.29) is 11.4 Å². The maximum atomic E-state index is 13.9. The molecule has 2 nitrogen and oxygen atoms in total. The highest BCUT2D eigenvalue weighted by molar-refractivity contribution is 5.85. The van der Waals surface area contributed by atoms with Gasteiger partial charge in [0.1, 0.15) is 11.6 Å². The lowest BCUT2D eigenvalue weighted by atomic mass is 9.92. The van der Waals surface area contributed by atoms with Crippen molar-refractivity contribution in [3.63, 3.8) is 0 Å². The largest absolute Gasteiger partial charge is 0.481 e. The molecule has 0 atom stereocenters. The van der Waals surface area contributed by atoms with Crippen LogP contribution in [-0.4, -0.2) is 11.1 Å². The number of carboxylic acid groups (broad SMARTS) is 1. The fourth-order valence-corrected chi connectivity index (χ4v) is 2.44. The molecule has 102 valence electrons. The summed E-state index contributed by atoms with van der Waals surface area (Å²) in [5, 5.41) is 9.26. The minimum Gasteiger partial charge on any atom is -0.481 e. The van der Waals surface area contributed by atoms with Gasteiger partial charge in [-0.2, -0.15) is 0 Å². The van der Waals surface area contributed by atoms with Crippen molar-refractivity contribution in [2.45, 2.75) is 18.3 Å². The minimum absolute atomic E-state index is 0.215. The summed E-state index contributed by atoms with van der Waals surface area (Å²) in [5.41, 5.74) is 0.551. The number of halogens is 2. The number of rotatable bonds is 3. The molecule has 4 heteroatoms. The van der Waals surface area contributed by atoms with Gasteiger partial charge in [0, 0.05) is 5.56 Å². The first-order valence-electron chi connectivity index (χ1n) is 6.32. The third-order valence-electron chi connectivity index (χ3n) is 3.82. The number of hydrogen-bond donors (Lipinski definition) is 1. The van der Waals surface area contributed by atoms with E-state index < -0.39 is 17.2 Å². The molecule has 0 aromatic heterocycles. The zero-order chi connectivity index (χ0) is 14.3. The molecular weight excluding hydrogens is 262 g/mol. The van der Waals surface area contributed by atoms with Gasteiger partial charge in [0.05, 0.1) is 5.41 Å². The molecular formula is C16H12F2O2. The number of benzene rings is 2. The number of hydrogen-bond acceptors (Lipinski definition) is 1. The maximum absolute atomic E-state index is 13.9. The van der Waals surface area contributed by atoms with Crippen LogP contribution in [-0.2, 0) is 10.2 Å². The zero-order valence-electron chi connectivity index (χ0n) is 10.6. The molecule has 3 rings (SSSR count). The predicted molar refractivity (Wildman–Crippen MR) is 70.3 cm³/mol. The second kappa shape index (κ2) is 4.40. The van der Waals surface area contributed by atoms with E-state index in [0.717, 1.165) is 5.56 Å². The van der Waals surface area contributed by atoms with Crippen LogP contribution < -0.4 is 0 Å². The molecule has 0 amide bonds. The number of carboxylic acids is 1. The van der Waals surface area contributed by atoms with Crippen molar-refractivity contribution in [1.82, 2.24) is 0 Å². The van der Waals surface area contributed by atoms with Crippen molar-refractivity contribution >= 4 is 5.97 Å². The van der Waals surface area contributed by atoms with E-state index in [1.165, 1.54) is 18.2 Å². The summed E-state index contributed by atoms with van der Waals surface area (Å²) in [5.74, 6) is -1.84. The topological polar surface area (TPSA) is 37.3 Å². The summed E-state index contributed by atoms with van der Waals surface area (Å²) >= 11 is 0. The van der Waals surface area contributed by atoms with Crippen LogP contribution >= 0.6 is 0 Å². The second-order valence-electron chi connectivity index (χ2n) is 5.09. The highest BCUT2D eigenvalue weighted by Crippen LogP contribution is 2.50. The minimum atomic E-state index is -1.08. The van der Waals surface area contributed by atoms with Crippen LogP contribution in [0, 0.1) is 11.6 Å². The van der Waals surface area contributed by atoms with E-state index in [1.54, 1.807) is 24.3 Å². The van der Waals surface area contributed by atoms with Gasteiger partial charge in [0.15, 0.2) is 0 Å². The van der Waals surface area contributed by atoms with Crippen LogP contribution in [0.25, 0.3) is 11.1 Å². The van der Waals surface area contributed by atoms with Gasteiger partial charge < -0.3 is 5.11 Å². The smallest absolute Gasteiger partial charge is 0.314 e. The van der Waals surface area contributed by atoms with E-state index in [9.17, 15) is 18.7 Å². The highest BCUT2D eigenvalue weighted by Gasteiger charge is 2.53. The summed E-state index contributed by atoms with van der Waals surface area (Å²) < 4.78 is 26.8. The summed E-state index contributed by atoms with van der Waals surface area (Å²) in [4.78, 5) is 11.3. The number of carbonyl (C=O) groups is 1. The van der Waals surface area contributed by atoms with Gasteiger partial charge in [-0.3, -0.25) is 4.79 Å². The molecule has 1 aliphatic rings. The lowest BCUT2D eigenvalue weighted by Crippen LogP contribution is -2.21. The SMILES string of the molecule is O=C(O)C1(c2cc(-c3ccc(F)cc3)ccc2F)CC1. The Morgan fingerprint density at radius 2 is 1.60 bits per heavy atom. The van der Waals surface area contributed by atoms with E-state index in [0.29, 0.717) is 18.4 Å². The van der Waals surface area contributed by atoms with Crippen molar-refractivity contribution in [2.75, 3.05) is 0 Å². The zero-order valence-corrected chi connectivity index (χ0v) is 10.6. The van der Waals surface area contributed by atoms with E-state index in [1.807, 2.05) is 0 Å². The third-order valence-corrected chi connectivity index (χ3v) is 3.82. The molecule has 1 fully saturated rings. The fourth-order valence-electron chi connectivity index (χ4n) is 2.44. The Hall–Kier alpha value is -2.23. The number of aliphatic carboxylic acids is 1. The van der Waals surface area contributed by atoms with Gasteiger partial charge in [0.2, 0.25) is 0 Å². The Bertz CT molecular complexity index is 673. The van der Waals surface area contributed by atoms with E-state index >= 15 is 0 Å². The van der Waals surface area contributed by atoms with Gasteiger partial charge >= 0.3 is 5.97 Å². The van der Waals surface area contributed by atoms with Gasteiger partial charge in [-0.25, -0.2) is 8.78 Å². The molecule has 20 heavy (non-hydrogen) atoms. The van der Waals surface area contributed by atoms with Gasteiger partial charge in [-0.05, 0) is 48.2 Å². The van der Waals surface area contributed by atoms with Crippen LogP contribution in [0.1, 0.15) is 18.4 Å². The molecule has 0 heterocycles. The molecule has 1 saturated carbocycles. The van der Waals surface area contributed by atoms with Gasteiger partial charge in [0.25, 0.3) is 0 Å². The molecule has 0 spiro atoms. The summed E-state index contributed by atoms with van der Waals surface area (Å²) in [6.45, 7) is 0. The Labute approximate surface area is 114 Å². The quantitative estimate of drug-likeness (QED) is 0.925. The molecule has 0 saturated heterocycles. The van der Waals surface area contributed by atoms with Crippen LogP contribution in [0.4, 0.5) is 8.78 Å². The first-order valence-corrected chi connectivity index (χ1v) is 6.32. The van der Waals surface area contributed by atoms with Crippen molar-refractivity contribution in [1.29, 1.82) is 0 Å². The average molecular weight is 274 g/mol. The monoisotopic (exact) mass is 274 g/mol. The van der Waals surface area contributed by atoms with E-state index in [2.05, 4.69) is 0 Å². The van der Waals surface area contributed by atoms with Crippen molar-refractivity contribution in [3.8, 4) is 11.1 Å². The molecule has 2 aromatic rings. The molecule has 1 aliphatic carbocycles. The summed E-state index contributed by atoms with van der Waals surface area (Å²) in [6.07, 6.45) is 0.901. The van der Waals surface area contributed by atoms with Gasteiger partial charge in [-0.1, -0.05) is 18.2 Å². The Balaban J connectivity index is 2.07. The van der Waals surface area contributed by atoms with Crippen molar-refractivity contribution < 1.29 is 18.7 Å². The van der Waals surface area contributed by atoms with E-state index in [4.69, 9.17) is 0 Å². The lowest BCUT2D eigenvalue weighted by molar-refractivity contribution is -0.140. The second-order valence-corrected chi connectivity index (χ2v) is 5.09. The van der Waals surface area contributed by atoms with Gasteiger partial charge in [-0.15, -0.1) is 0 Å². The van der Waals surface area contributed by atoms with Crippen molar-refractivity contribution in [3.05, 3.63) is 59.7 Å². The molecule has 0 aliphatic heterocycles. The molecule has 0 bridgehead atoms. The summed E-state index contributed by atoms with van der Waals surface area (Å²) in [7, 11) is 0. The molecule has 0 radical (unpaired) electrons.